The van der Waals surface area contributed by atoms with Crippen LogP contribution in [0.3, 0.4) is 0 Å². The minimum absolute atomic E-state index is 0.196. The molecule has 2 aromatic carbocycles. The van der Waals surface area contributed by atoms with E-state index in [9.17, 15) is 18.7 Å². The van der Waals surface area contributed by atoms with E-state index in [1.807, 2.05) is 19.1 Å². The van der Waals surface area contributed by atoms with Gasteiger partial charge in [0.25, 0.3) is 0 Å². The zero-order valence-corrected chi connectivity index (χ0v) is 16.9. The van der Waals surface area contributed by atoms with E-state index in [0.717, 1.165) is 26.7 Å². The molecule has 0 saturated heterocycles. The predicted molar refractivity (Wildman–Crippen MR) is 112 cm³/mol. The third-order valence-electron chi connectivity index (χ3n) is 4.95. The Balaban J connectivity index is 1.76. The summed E-state index contributed by atoms with van der Waals surface area (Å²) in [6, 6.07) is 14.4. The van der Waals surface area contributed by atoms with Crippen LogP contribution < -0.4 is 0 Å². The van der Waals surface area contributed by atoms with Gasteiger partial charge in [0, 0.05) is 34.1 Å². The first-order valence-electron chi connectivity index (χ1n) is 9.28. The third kappa shape index (κ3) is 4.07. The normalized spacial score (nSPS) is 11.2. The van der Waals surface area contributed by atoms with Gasteiger partial charge in [-0.15, -0.1) is 0 Å². The molecular weight excluding hydrogens is 406 g/mol. The Kier molecular flexibility index (Phi) is 5.55. The van der Waals surface area contributed by atoms with E-state index >= 15 is 0 Å². The van der Waals surface area contributed by atoms with Gasteiger partial charge in [-0.2, -0.15) is 0 Å². The smallest absolute Gasteiger partial charge is 0.323 e. The number of halogens is 2. The number of aromatic nitrogens is 2. The fourth-order valence-corrected chi connectivity index (χ4v) is 4.42. The van der Waals surface area contributed by atoms with Crippen LogP contribution in [0.15, 0.2) is 70.7 Å². The van der Waals surface area contributed by atoms with Crippen molar-refractivity contribution in [2.45, 2.75) is 29.8 Å². The van der Waals surface area contributed by atoms with Gasteiger partial charge in [-0.1, -0.05) is 17.8 Å². The quantitative estimate of drug-likeness (QED) is 0.447. The van der Waals surface area contributed by atoms with E-state index < -0.39 is 5.97 Å². The third-order valence-corrected chi connectivity index (χ3v) is 6.02. The average Bonchev–Trinajstić information content (AvgIpc) is 2.96. The Morgan fingerprint density at radius 3 is 2.57 bits per heavy atom. The number of carbonyl (C=O) groups is 1. The molecule has 0 atom stereocenters. The summed E-state index contributed by atoms with van der Waals surface area (Å²) in [4.78, 5) is 16.7. The summed E-state index contributed by atoms with van der Waals surface area (Å²) in [5.74, 6) is -1.63. The number of benzene rings is 2. The van der Waals surface area contributed by atoms with Crippen LogP contribution in [0.1, 0.15) is 16.8 Å². The van der Waals surface area contributed by atoms with Crippen molar-refractivity contribution < 1.29 is 18.7 Å². The Bertz CT molecular complexity index is 1240. The lowest BCUT2D eigenvalue weighted by atomic mass is 10.0. The SMILES string of the molecule is Cc1c(Cc2cccnc2Sc2ccc(F)cc2)c2cc(F)ccc2n1CC(=O)O. The number of pyridine rings is 1. The average molecular weight is 424 g/mol. The minimum Gasteiger partial charge on any atom is -0.480 e. The van der Waals surface area contributed by atoms with Crippen molar-refractivity contribution in [2.24, 2.45) is 0 Å². The number of carboxylic acids is 1. The van der Waals surface area contributed by atoms with Crippen LogP contribution in [-0.2, 0) is 17.8 Å². The first-order valence-corrected chi connectivity index (χ1v) is 10.1. The van der Waals surface area contributed by atoms with Gasteiger partial charge in [-0.05, 0) is 66.6 Å². The van der Waals surface area contributed by atoms with Crippen molar-refractivity contribution in [3.8, 4) is 0 Å². The van der Waals surface area contributed by atoms with Gasteiger partial charge < -0.3 is 9.67 Å². The van der Waals surface area contributed by atoms with Crippen molar-refractivity contribution in [1.82, 2.24) is 9.55 Å². The second-order valence-corrected chi connectivity index (χ2v) is 7.97. The molecule has 4 nitrogen and oxygen atoms in total. The van der Waals surface area contributed by atoms with Gasteiger partial charge in [0.05, 0.1) is 0 Å². The van der Waals surface area contributed by atoms with Gasteiger partial charge in [-0.25, -0.2) is 13.8 Å². The molecule has 0 fully saturated rings. The second-order valence-electron chi connectivity index (χ2n) is 6.91. The summed E-state index contributed by atoms with van der Waals surface area (Å²) >= 11 is 1.42. The van der Waals surface area contributed by atoms with Gasteiger partial charge in [0.15, 0.2) is 0 Å². The highest BCUT2D eigenvalue weighted by Gasteiger charge is 2.18. The molecule has 0 saturated carbocycles. The van der Waals surface area contributed by atoms with Crippen LogP contribution in [0.5, 0.6) is 0 Å². The largest absolute Gasteiger partial charge is 0.480 e. The predicted octanol–water partition coefficient (Wildman–Crippen LogP) is 5.45. The molecule has 4 aromatic rings. The summed E-state index contributed by atoms with van der Waals surface area (Å²) in [5.41, 5.74) is 3.25. The summed E-state index contributed by atoms with van der Waals surface area (Å²) in [6.45, 7) is 1.65. The Morgan fingerprint density at radius 1 is 1.10 bits per heavy atom. The van der Waals surface area contributed by atoms with E-state index in [2.05, 4.69) is 4.98 Å². The zero-order chi connectivity index (χ0) is 21.3. The maximum Gasteiger partial charge on any atom is 0.323 e. The van der Waals surface area contributed by atoms with Crippen LogP contribution in [0.25, 0.3) is 10.9 Å². The molecular formula is C23H18F2N2O2S. The minimum atomic E-state index is -0.959. The number of fused-ring (bicyclic) bond motifs is 1. The Hall–Kier alpha value is -3.19. The van der Waals surface area contributed by atoms with E-state index in [0.29, 0.717) is 17.3 Å². The van der Waals surface area contributed by atoms with Gasteiger partial charge in [0.1, 0.15) is 23.2 Å². The summed E-state index contributed by atoms with van der Waals surface area (Å²) < 4.78 is 28.9. The number of hydrogen-bond acceptors (Lipinski definition) is 3. The summed E-state index contributed by atoms with van der Waals surface area (Å²) in [7, 11) is 0. The van der Waals surface area contributed by atoms with Crippen molar-refractivity contribution in [1.29, 1.82) is 0 Å². The molecule has 2 heterocycles. The molecule has 4 rings (SSSR count). The number of carboxylic acid groups (broad SMARTS) is 1. The molecule has 152 valence electrons. The molecule has 0 spiro atoms. The first kappa shape index (κ1) is 20.1. The van der Waals surface area contributed by atoms with E-state index in [1.165, 1.54) is 36.0 Å². The van der Waals surface area contributed by atoms with Crippen LogP contribution in [0.2, 0.25) is 0 Å². The van der Waals surface area contributed by atoms with Crippen molar-refractivity contribution in [3.63, 3.8) is 0 Å². The summed E-state index contributed by atoms with van der Waals surface area (Å²) in [6.07, 6.45) is 2.16. The highest BCUT2D eigenvalue weighted by atomic mass is 32.2. The van der Waals surface area contributed by atoms with Crippen molar-refractivity contribution in [3.05, 3.63) is 89.2 Å². The van der Waals surface area contributed by atoms with Crippen LogP contribution >= 0.6 is 11.8 Å². The van der Waals surface area contributed by atoms with E-state index in [1.54, 1.807) is 29.0 Å². The second kappa shape index (κ2) is 8.28. The molecule has 7 heteroatoms. The standard InChI is InChI=1S/C23H18F2N2O2S/c1-14-19(20-12-17(25)6-9-21(20)27(14)13-22(28)29)11-15-3-2-10-26-23(15)30-18-7-4-16(24)5-8-18/h2-10,12H,11,13H2,1H3,(H,28,29). The molecule has 2 aromatic heterocycles. The van der Waals surface area contributed by atoms with Gasteiger partial charge >= 0.3 is 5.97 Å². The molecule has 0 radical (unpaired) electrons. The van der Waals surface area contributed by atoms with Crippen LogP contribution in [0.4, 0.5) is 8.78 Å². The van der Waals surface area contributed by atoms with Crippen molar-refractivity contribution >= 4 is 28.6 Å². The summed E-state index contributed by atoms with van der Waals surface area (Å²) in [5, 5.41) is 10.8. The van der Waals surface area contributed by atoms with Crippen molar-refractivity contribution in [2.75, 3.05) is 0 Å². The molecule has 0 amide bonds. The zero-order valence-electron chi connectivity index (χ0n) is 16.1. The lowest BCUT2D eigenvalue weighted by molar-refractivity contribution is -0.137. The maximum atomic E-state index is 14.0. The van der Waals surface area contributed by atoms with E-state index in [4.69, 9.17) is 0 Å². The Morgan fingerprint density at radius 2 is 1.83 bits per heavy atom. The molecule has 0 aliphatic carbocycles. The number of hydrogen-bond donors (Lipinski definition) is 1. The topological polar surface area (TPSA) is 55.1 Å². The number of rotatable bonds is 6. The lowest BCUT2D eigenvalue weighted by Crippen LogP contribution is -2.10. The fraction of sp³-hybridized carbons (Fsp3) is 0.130. The highest BCUT2D eigenvalue weighted by Crippen LogP contribution is 2.33. The molecule has 0 unspecified atom stereocenters. The molecule has 0 bridgehead atoms. The molecule has 30 heavy (non-hydrogen) atoms. The maximum absolute atomic E-state index is 14.0. The molecule has 0 aliphatic heterocycles. The van der Waals surface area contributed by atoms with Gasteiger partial charge in [0.2, 0.25) is 0 Å². The van der Waals surface area contributed by atoms with Gasteiger partial charge in [-0.3, -0.25) is 4.79 Å². The number of aliphatic carboxylic acids is 1. The first-order chi connectivity index (χ1) is 14.4. The molecule has 1 N–H and O–H groups in total. The lowest BCUT2D eigenvalue weighted by Gasteiger charge is -2.09. The molecule has 0 aliphatic rings. The Labute approximate surface area is 176 Å². The highest BCUT2D eigenvalue weighted by molar-refractivity contribution is 7.99. The van der Waals surface area contributed by atoms with Crippen LogP contribution in [-0.4, -0.2) is 20.6 Å². The monoisotopic (exact) mass is 424 g/mol. The van der Waals surface area contributed by atoms with E-state index in [-0.39, 0.29) is 18.2 Å². The van der Waals surface area contributed by atoms with Crippen LogP contribution in [0, 0.1) is 18.6 Å². The fourth-order valence-electron chi connectivity index (χ4n) is 3.54. The number of nitrogens with zero attached hydrogens (tertiary/aromatic N) is 2.